The van der Waals surface area contributed by atoms with Crippen molar-refractivity contribution in [2.24, 2.45) is 0 Å². The van der Waals surface area contributed by atoms with Gasteiger partial charge in [-0.2, -0.15) is 4.31 Å². The van der Waals surface area contributed by atoms with Crippen LogP contribution < -0.4 is 4.90 Å². The summed E-state index contributed by atoms with van der Waals surface area (Å²) in [5.74, 6) is 0.307. The fraction of sp³-hybridized carbons (Fsp3) is 0.429. The monoisotopic (exact) mass is 417 g/mol. The van der Waals surface area contributed by atoms with Crippen molar-refractivity contribution >= 4 is 15.7 Å². The van der Waals surface area contributed by atoms with Crippen LogP contribution in [0.1, 0.15) is 5.56 Å². The Kier molecular flexibility index (Phi) is 6.05. The fourth-order valence-corrected chi connectivity index (χ4v) is 5.36. The van der Waals surface area contributed by atoms with E-state index in [0.29, 0.717) is 43.5 Å². The molecule has 0 aromatic heterocycles. The molecule has 2 heterocycles. The third-order valence-corrected chi connectivity index (χ3v) is 7.40. The number of hydrogen-bond acceptors (Lipinski definition) is 6. The van der Waals surface area contributed by atoms with Crippen LogP contribution in [0.4, 0.5) is 5.69 Å². The van der Waals surface area contributed by atoms with Crippen LogP contribution in [0.2, 0.25) is 0 Å². The van der Waals surface area contributed by atoms with Gasteiger partial charge in [0.05, 0.1) is 23.8 Å². The number of aromatic hydroxyl groups is 1. The fourth-order valence-electron chi connectivity index (χ4n) is 3.88. The number of ether oxygens (including phenoxy) is 1. The molecular weight excluding hydrogens is 390 g/mol. The van der Waals surface area contributed by atoms with Gasteiger partial charge in [-0.05, 0) is 29.8 Å². The molecule has 2 aromatic rings. The summed E-state index contributed by atoms with van der Waals surface area (Å²) in [4.78, 5) is 4.85. The molecule has 0 bridgehead atoms. The zero-order chi connectivity index (χ0) is 20.3. The van der Waals surface area contributed by atoms with E-state index in [2.05, 4.69) is 9.80 Å². The van der Waals surface area contributed by atoms with Crippen LogP contribution in [0.3, 0.4) is 0 Å². The van der Waals surface area contributed by atoms with Gasteiger partial charge >= 0.3 is 0 Å². The van der Waals surface area contributed by atoms with E-state index in [1.165, 1.54) is 4.31 Å². The molecule has 1 N–H and O–H groups in total. The highest BCUT2D eigenvalue weighted by Crippen LogP contribution is 2.27. The number of piperazine rings is 1. The second kappa shape index (κ2) is 8.71. The molecular formula is C21H27N3O4S. The Morgan fingerprint density at radius 1 is 0.897 bits per heavy atom. The molecule has 0 unspecified atom stereocenters. The van der Waals surface area contributed by atoms with Gasteiger partial charge in [0, 0.05) is 45.8 Å². The standard InChI is InChI=1S/C21H27N3O4S/c25-21-7-2-1-6-20(21)23-10-8-22(9-11-23)17-18-4-3-5-19(16-18)29(26,27)24-12-14-28-15-13-24/h1-7,16,25H,8-15,17H2. The van der Waals surface area contributed by atoms with Gasteiger partial charge in [-0.1, -0.05) is 24.3 Å². The van der Waals surface area contributed by atoms with Crippen LogP contribution in [0.15, 0.2) is 53.4 Å². The molecule has 156 valence electrons. The van der Waals surface area contributed by atoms with Gasteiger partial charge in [-0.3, -0.25) is 4.90 Å². The van der Waals surface area contributed by atoms with Gasteiger partial charge in [0.15, 0.2) is 0 Å². The van der Waals surface area contributed by atoms with Crippen molar-refractivity contribution in [1.82, 2.24) is 9.21 Å². The highest BCUT2D eigenvalue weighted by molar-refractivity contribution is 7.89. The number of phenols is 1. The van der Waals surface area contributed by atoms with Crippen molar-refractivity contribution in [1.29, 1.82) is 0 Å². The lowest BCUT2D eigenvalue weighted by molar-refractivity contribution is 0.0730. The van der Waals surface area contributed by atoms with Crippen LogP contribution in [-0.4, -0.2) is 75.2 Å². The molecule has 0 saturated carbocycles. The summed E-state index contributed by atoms with van der Waals surface area (Å²) in [6.45, 7) is 5.76. The van der Waals surface area contributed by atoms with Gasteiger partial charge in [-0.15, -0.1) is 0 Å². The normalized spacial score (nSPS) is 19.4. The third kappa shape index (κ3) is 4.56. The first-order valence-corrected chi connectivity index (χ1v) is 11.4. The van der Waals surface area contributed by atoms with Gasteiger partial charge in [-0.25, -0.2) is 8.42 Å². The maximum atomic E-state index is 12.9. The highest BCUT2D eigenvalue weighted by Gasteiger charge is 2.26. The number of morpholine rings is 1. The van der Waals surface area contributed by atoms with E-state index in [9.17, 15) is 13.5 Å². The Bertz CT molecular complexity index is 936. The minimum Gasteiger partial charge on any atom is -0.506 e. The number of benzene rings is 2. The quantitative estimate of drug-likeness (QED) is 0.799. The number of sulfonamides is 1. The maximum Gasteiger partial charge on any atom is 0.243 e. The molecule has 0 atom stereocenters. The van der Waals surface area contributed by atoms with E-state index in [-0.39, 0.29) is 0 Å². The number of rotatable bonds is 5. The van der Waals surface area contributed by atoms with E-state index < -0.39 is 10.0 Å². The van der Waals surface area contributed by atoms with Crippen molar-refractivity contribution in [2.75, 3.05) is 57.4 Å². The molecule has 2 saturated heterocycles. The molecule has 0 amide bonds. The summed E-state index contributed by atoms with van der Waals surface area (Å²) in [6.07, 6.45) is 0. The van der Waals surface area contributed by atoms with Gasteiger partial charge in [0.25, 0.3) is 0 Å². The molecule has 2 aromatic carbocycles. The van der Waals surface area contributed by atoms with Gasteiger partial charge in [0.1, 0.15) is 5.75 Å². The van der Waals surface area contributed by atoms with Crippen LogP contribution in [0.25, 0.3) is 0 Å². The Morgan fingerprint density at radius 3 is 2.34 bits per heavy atom. The first-order chi connectivity index (χ1) is 14.0. The van der Waals surface area contributed by atoms with E-state index in [1.54, 1.807) is 18.2 Å². The Hall–Kier alpha value is -2.13. The number of hydrogen-bond donors (Lipinski definition) is 1. The molecule has 8 heteroatoms. The first-order valence-electron chi connectivity index (χ1n) is 9.96. The average molecular weight is 418 g/mol. The van der Waals surface area contributed by atoms with E-state index >= 15 is 0 Å². The molecule has 2 fully saturated rings. The van der Waals surface area contributed by atoms with E-state index in [0.717, 1.165) is 37.4 Å². The number of para-hydroxylation sites is 2. The van der Waals surface area contributed by atoms with E-state index in [1.807, 2.05) is 30.3 Å². The van der Waals surface area contributed by atoms with Crippen molar-refractivity contribution in [3.05, 3.63) is 54.1 Å². The SMILES string of the molecule is O=S(=O)(c1cccc(CN2CCN(c3ccccc3O)CC2)c1)N1CCOCC1. The van der Waals surface area contributed by atoms with Crippen LogP contribution >= 0.6 is 0 Å². The van der Waals surface area contributed by atoms with Gasteiger partial charge in [0.2, 0.25) is 10.0 Å². The summed E-state index contributed by atoms with van der Waals surface area (Å²) in [6, 6.07) is 14.7. The third-order valence-electron chi connectivity index (χ3n) is 5.51. The minimum absolute atomic E-state index is 0.307. The summed E-state index contributed by atoms with van der Waals surface area (Å²) in [5, 5.41) is 10.1. The van der Waals surface area contributed by atoms with Crippen LogP contribution in [0.5, 0.6) is 5.75 Å². The molecule has 7 nitrogen and oxygen atoms in total. The van der Waals surface area contributed by atoms with E-state index in [4.69, 9.17) is 4.74 Å². The predicted octanol–water partition coefficient (Wildman–Crippen LogP) is 1.74. The molecule has 0 spiro atoms. The second-order valence-corrected chi connectivity index (χ2v) is 9.35. The molecule has 4 rings (SSSR count). The first kappa shape index (κ1) is 20.2. The second-order valence-electron chi connectivity index (χ2n) is 7.42. The molecule has 0 aliphatic carbocycles. The van der Waals surface area contributed by atoms with Crippen molar-refractivity contribution in [3.8, 4) is 5.75 Å². The molecule has 0 radical (unpaired) electrons. The number of nitrogens with zero attached hydrogens (tertiary/aromatic N) is 3. The van der Waals surface area contributed by atoms with Gasteiger partial charge < -0.3 is 14.7 Å². The Balaban J connectivity index is 1.40. The minimum atomic E-state index is -3.48. The number of anilines is 1. The topological polar surface area (TPSA) is 73.3 Å². The molecule has 2 aliphatic heterocycles. The zero-order valence-corrected chi connectivity index (χ0v) is 17.2. The average Bonchev–Trinajstić information content (AvgIpc) is 2.76. The molecule has 2 aliphatic rings. The van der Waals surface area contributed by atoms with Crippen LogP contribution in [0, 0.1) is 0 Å². The lowest BCUT2D eigenvalue weighted by atomic mass is 10.2. The zero-order valence-electron chi connectivity index (χ0n) is 16.4. The van der Waals surface area contributed by atoms with Crippen molar-refractivity contribution in [2.45, 2.75) is 11.4 Å². The lowest BCUT2D eigenvalue weighted by Gasteiger charge is -2.36. The summed E-state index contributed by atoms with van der Waals surface area (Å²) in [5.41, 5.74) is 1.86. The smallest absolute Gasteiger partial charge is 0.243 e. The maximum absolute atomic E-state index is 12.9. The lowest BCUT2D eigenvalue weighted by Crippen LogP contribution is -2.46. The van der Waals surface area contributed by atoms with Crippen molar-refractivity contribution in [3.63, 3.8) is 0 Å². The summed E-state index contributed by atoms with van der Waals surface area (Å²) < 4.78 is 32.6. The number of phenolic OH excluding ortho intramolecular Hbond substituents is 1. The highest BCUT2D eigenvalue weighted by atomic mass is 32.2. The van der Waals surface area contributed by atoms with Crippen LogP contribution in [-0.2, 0) is 21.3 Å². The largest absolute Gasteiger partial charge is 0.506 e. The molecule has 29 heavy (non-hydrogen) atoms. The predicted molar refractivity (Wildman–Crippen MR) is 112 cm³/mol. The Labute approximate surface area is 172 Å². The van der Waals surface area contributed by atoms with Crippen molar-refractivity contribution < 1.29 is 18.3 Å². The Morgan fingerprint density at radius 2 is 1.62 bits per heavy atom. The summed E-state index contributed by atoms with van der Waals surface area (Å²) in [7, 11) is -3.48. The summed E-state index contributed by atoms with van der Waals surface area (Å²) >= 11 is 0.